The Hall–Kier alpha value is -3.92. The molecule has 1 fully saturated rings. The first kappa shape index (κ1) is 20.0. The standard InChI is InChI=1S/C22H23N7O3/c1-13-10-24-21(26-16-4-6-19(23-11-16)29-7-8-31-14(2)12-29)28-20(13)25-15-3-5-18-17(9-15)27-22(30)32-18/h3-6,9-11,14H,7-8,12H2,1-2H3,(H,27,30)(H2,24,25,26,28). The van der Waals surface area contributed by atoms with Crippen LogP contribution in [0.3, 0.4) is 0 Å². The summed E-state index contributed by atoms with van der Waals surface area (Å²) < 4.78 is 10.6. The highest BCUT2D eigenvalue weighted by Gasteiger charge is 2.17. The highest BCUT2D eigenvalue weighted by atomic mass is 16.5. The van der Waals surface area contributed by atoms with E-state index in [1.165, 1.54) is 0 Å². The summed E-state index contributed by atoms with van der Waals surface area (Å²) in [7, 11) is 0. The zero-order valence-electron chi connectivity index (χ0n) is 17.8. The van der Waals surface area contributed by atoms with Crippen LogP contribution in [0.4, 0.5) is 29.0 Å². The van der Waals surface area contributed by atoms with E-state index in [4.69, 9.17) is 9.15 Å². The highest BCUT2D eigenvalue weighted by molar-refractivity contribution is 5.78. The maximum Gasteiger partial charge on any atom is 0.417 e. The zero-order chi connectivity index (χ0) is 22.1. The molecule has 0 aliphatic carbocycles. The van der Waals surface area contributed by atoms with Crippen LogP contribution in [0.25, 0.3) is 11.1 Å². The van der Waals surface area contributed by atoms with Gasteiger partial charge in [0.15, 0.2) is 5.58 Å². The van der Waals surface area contributed by atoms with Crippen molar-refractivity contribution in [2.24, 2.45) is 0 Å². The first-order chi connectivity index (χ1) is 15.5. The Morgan fingerprint density at radius 2 is 2.00 bits per heavy atom. The molecular weight excluding hydrogens is 410 g/mol. The van der Waals surface area contributed by atoms with E-state index in [9.17, 15) is 4.79 Å². The van der Waals surface area contributed by atoms with Gasteiger partial charge in [-0.15, -0.1) is 0 Å². The molecule has 4 aromatic rings. The number of nitrogens with one attached hydrogen (secondary N) is 3. The fourth-order valence-electron chi connectivity index (χ4n) is 3.60. The summed E-state index contributed by atoms with van der Waals surface area (Å²) in [6.07, 6.45) is 3.71. The SMILES string of the molecule is Cc1cnc(Nc2ccc(N3CCOC(C)C3)nc2)nc1Nc1ccc2oc(=O)[nH]c2c1. The number of aromatic amines is 1. The van der Waals surface area contributed by atoms with E-state index in [0.29, 0.717) is 29.5 Å². The number of anilines is 5. The molecular formula is C22H23N7O3. The Morgan fingerprint density at radius 3 is 2.81 bits per heavy atom. The third kappa shape index (κ3) is 4.26. The van der Waals surface area contributed by atoms with Gasteiger partial charge in [0.1, 0.15) is 11.6 Å². The maximum atomic E-state index is 11.4. The molecule has 1 unspecified atom stereocenters. The Kier molecular flexibility index (Phi) is 5.20. The lowest BCUT2D eigenvalue weighted by Gasteiger charge is -2.32. The van der Waals surface area contributed by atoms with Gasteiger partial charge in [0.25, 0.3) is 0 Å². The minimum Gasteiger partial charge on any atom is -0.408 e. The van der Waals surface area contributed by atoms with Gasteiger partial charge in [0, 0.05) is 30.5 Å². The Balaban J connectivity index is 1.31. The predicted molar refractivity (Wildman–Crippen MR) is 122 cm³/mol. The molecule has 1 atom stereocenters. The van der Waals surface area contributed by atoms with Crippen molar-refractivity contribution in [2.45, 2.75) is 20.0 Å². The Morgan fingerprint density at radius 1 is 1.12 bits per heavy atom. The van der Waals surface area contributed by atoms with E-state index in [1.807, 2.05) is 25.1 Å². The number of H-pyrrole nitrogens is 1. The minimum absolute atomic E-state index is 0.199. The quantitative estimate of drug-likeness (QED) is 0.435. The lowest BCUT2D eigenvalue weighted by atomic mass is 10.2. The third-order valence-electron chi connectivity index (χ3n) is 5.22. The molecule has 1 aliphatic heterocycles. The molecule has 32 heavy (non-hydrogen) atoms. The Labute approximate surface area is 183 Å². The maximum absolute atomic E-state index is 11.4. The lowest BCUT2D eigenvalue weighted by molar-refractivity contribution is 0.0529. The molecule has 3 N–H and O–H groups in total. The van der Waals surface area contributed by atoms with Crippen molar-refractivity contribution < 1.29 is 9.15 Å². The van der Waals surface area contributed by atoms with Gasteiger partial charge in [0.05, 0.1) is 30.1 Å². The van der Waals surface area contributed by atoms with Crippen molar-refractivity contribution in [3.8, 4) is 0 Å². The van der Waals surface area contributed by atoms with Crippen LogP contribution in [-0.4, -0.2) is 45.7 Å². The van der Waals surface area contributed by atoms with Crippen LogP contribution in [0.5, 0.6) is 0 Å². The van der Waals surface area contributed by atoms with Crippen LogP contribution in [0.15, 0.2) is 51.9 Å². The van der Waals surface area contributed by atoms with Crippen LogP contribution < -0.4 is 21.3 Å². The molecule has 5 rings (SSSR count). The average Bonchev–Trinajstić information content (AvgIpc) is 3.16. The number of fused-ring (bicyclic) bond motifs is 1. The number of rotatable bonds is 5. The molecule has 4 heterocycles. The summed E-state index contributed by atoms with van der Waals surface area (Å²) in [5.74, 6) is 1.54. The Bertz CT molecular complexity index is 1300. The normalized spacial score (nSPS) is 16.3. The lowest BCUT2D eigenvalue weighted by Crippen LogP contribution is -2.41. The van der Waals surface area contributed by atoms with Crippen LogP contribution >= 0.6 is 0 Å². The van der Waals surface area contributed by atoms with Gasteiger partial charge in [-0.1, -0.05) is 0 Å². The van der Waals surface area contributed by atoms with Gasteiger partial charge in [0.2, 0.25) is 5.95 Å². The van der Waals surface area contributed by atoms with Gasteiger partial charge in [-0.2, -0.15) is 4.98 Å². The second-order valence-electron chi connectivity index (χ2n) is 7.73. The smallest absolute Gasteiger partial charge is 0.408 e. The first-order valence-electron chi connectivity index (χ1n) is 10.4. The summed E-state index contributed by atoms with van der Waals surface area (Å²) >= 11 is 0. The van der Waals surface area contributed by atoms with Gasteiger partial charge < -0.3 is 24.7 Å². The number of nitrogens with zero attached hydrogens (tertiary/aromatic N) is 4. The zero-order valence-corrected chi connectivity index (χ0v) is 17.8. The molecule has 164 valence electrons. The molecule has 10 heteroatoms. The van der Waals surface area contributed by atoms with E-state index in [0.717, 1.165) is 35.8 Å². The van der Waals surface area contributed by atoms with Crippen molar-refractivity contribution in [2.75, 3.05) is 35.2 Å². The number of benzene rings is 1. The van der Waals surface area contributed by atoms with Crippen LogP contribution in [0.1, 0.15) is 12.5 Å². The van der Waals surface area contributed by atoms with Gasteiger partial charge >= 0.3 is 5.76 Å². The molecule has 1 saturated heterocycles. The number of hydrogen-bond acceptors (Lipinski definition) is 9. The summed E-state index contributed by atoms with van der Waals surface area (Å²) in [5, 5.41) is 6.47. The van der Waals surface area contributed by atoms with E-state index < -0.39 is 5.76 Å². The molecule has 10 nitrogen and oxygen atoms in total. The molecule has 1 aliphatic rings. The number of pyridine rings is 1. The van der Waals surface area contributed by atoms with E-state index >= 15 is 0 Å². The summed E-state index contributed by atoms with van der Waals surface area (Å²) in [4.78, 5) is 29.8. The molecule has 0 radical (unpaired) electrons. The van der Waals surface area contributed by atoms with Crippen molar-refractivity contribution in [1.29, 1.82) is 0 Å². The van der Waals surface area contributed by atoms with Crippen molar-refractivity contribution in [1.82, 2.24) is 19.9 Å². The van der Waals surface area contributed by atoms with Crippen molar-refractivity contribution >= 4 is 40.1 Å². The summed E-state index contributed by atoms with van der Waals surface area (Å²) in [5.41, 5.74) is 3.57. The first-order valence-corrected chi connectivity index (χ1v) is 10.4. The average molecular weight is 433 g/mol. The van der Waals surface area contributed by atoms with E-state index in [-0.39, 0.29) is 6.10 Å². The predicted octanol–water partition coefficient (Wildman–Crippen LogP) is 3.33. The van der Waals surface area contributed by atoms with Gasteiger partial charge in [-0.3, -0.25) is 4.98 Å². The second kappa shape index (κ2) is 8.31. The molecule has 1 aromatic carbocycles. The van der Waals surface area contributed by atoms with E-state index in [1.54, 1.807) is 24.5 Å². The number of hydrogen-bond donors (Lipinski definition) is 3. The second-order valence-corrected chi connectivity index (χ2v) is 7.73. The molecule has 0 spiro atoms. The molecule has 3 aromatic heterocycles. The van der Waals surface area contributed by atoms with Crippen LogP contribution in [0, 0.1) is 6.92 Å². The van der Waals surface area contributed by atoms with Crippen LogP contribution in [-0.2, 0) is 4.74 Å². The number of aryl methyl sites for hydroxylation is 1. The number of morpholine rings is 1. The summed E-state index contributed by atoms with van der Waals surface area (Å²) in [6.45, 7) is 6.35. The largest absolute Gasteiger partial charge is 0.417 e. The van der Waals surface area contributed by atoms with Crippen LogP contribution in [0.2, 0.25) is 0 Å². The number of ether oxygens (including phenoxy) is 1. The fourth-order valence-corrected chi connectivity index (χ4v) is 3.60. The fraction of sp³-hybridized carbons (Fsp3) is 0.273. The number of aromatic nitrogens is 4. The summed E-state index contributed by atoms with van der Waals surface area (Å²) in [6, 6.07) is 9.29. The monoisotopic (exact) mass is 433 g/mol. The van der Waals surface area contributed by atoms with Gasteiger partial charge in [-0.05, 0) is 44.2 Å². The van der Waals surface area contributed by atoms with Crippen molar-refractivity contribution in [3.05, 3.63) is 58.8 Å². The highest BCUT2D eigenvalue weighted by Crippen LogP contribution is 2.24. The van der Waals surface area contributed by atoms with Crippen molar-refractivity contribution in [3.63, 3.8) is 0 Å². The molecule has 0 amide bonds. The molecule has 0 saturated carbocycles. The third-order valence-corrected chi connectivity index (χ3v) is 5.22. The van der Waals surface area contributed by atoms with E-state index in [2.05, 4.69) is 42.4 Å². The topological polar surface area (TPSA) is 121 Å². The minimum atomic E-state index is -0.482. The number of oxazole rings is 1. The van der Waals surface area contributed by atoms with Gasteiger partial charge in [-0.25, -0.2) is 14.8 Å². The molecule has 0 bridgehead atoms.